The fraction of sp³-hybridized carbons (Fsp3) is 0.438. The van der Waals surface area contributed by atoms with E-state index in [1.54, 1.807) is 4.90 Å². The fourth-order valence-corrected chi connectivity index (χ4v) is 2.83. The van der Waals surface area contributed by atoms with Gasteiger partial charge in [-0.1, -0.05) is 17.7 Å². The SMILES string of the molecule is Cc1ccc(N2CC[C@H](NC(=O)[C@@H]3C[C@@H]3C(=O)O)C2=O)cc1. The number of aryl methyl sites for hydroxylation is 1. The van der Waals surface area contributed by atoms with E-state index in [0.717, 1.165) is 11.3 Å². The first-order valence-electron chi connectivity index (χ1n) is 7.38. The van der Waals surface area contributed by atoms with E-state index in [1.165, 1.54) is 0 Å². The molecular formula is C16H18N2O4. The van der Waals surface area contributed by atoms with E-state index in [-0.39, 0.29) is 11.8 Å². The average Bonchev–Trinajstić information content (AvgIpc) is 3.22. The molecule has 2 fully saturated rings. The number of amides is 2. The predicted octanol–water partition coefficient (Wildman–Crippen LogP) is 0.937. The fourth-order valence-electron chi connectivity index (χ4n) is 2.83. The van der Waals surface area contributed by atoms with Crippen LogP contribution in [0, 0.1) is 18.8 Å². The summed E-state index contributed by atoms with van der Waals surface area (Å²) in [7, 11) is 0. The van der Waals surface area contributed by atoms with Gasteiger partial charge >= 0.3 is 5.97 Å². The highest BCUT2D eigenvalue weighted by molar-refractivity contribution is 6.02. The van der Waals surface area contributed by atoms with E-state index < -0.39 is 23.8 Å². The van der Waals surface area contributed by atoms with Crippen molar-refractivity contribution in [3.05, 3.63) is 29.8 Å². The zero-order valence-corrected chi connectivity index (χ0v) is 12.3. The van der Waals surface area contributed by atoms with Crippen molar-refractivity contribution < 1.29 is 19.5 Å². The van der Waals surface area contributed by atoms with E-state index >= 15 is 0 Å². The summed E-state index contributed by atoms with van der Waals surface area (Å²) < 4.78 is 0. The van der Waals surface area contributed by atoms with Crippen LogP contribution in [0.3, 0.4) is 0 Å². The Bertz CT molecular complexity index is 626. The Labute approximate surface area is 128 Å². The molecule has 3 atom stereocenters. The number of carbonyl (C=O) groups is 3. The molecule has 6 nitrogen and oxygen atoms in total. The molecule has 1 aromatic carbocycles. The zero-order valence-electron chi connectivity index (χ0n) is 12.3. The molecule has 1 aliphatic heterocycles. The Morgan fingerprint density at radius 3 is 2.50 bits per heavy atom. The number of carboxylic acid groups (broad SMARTS) is 1. The Kier molecular flexibility index (Phi) is 3.60. The lowest BCUT2D eigenvalue weighted by Gasteiger charge is -2.17. The highest BCUT2D eigenvalue weighted by Crippen LogP contribution is 2.39. The summed E-state index contributed by atoms with van der Waals surface area (Å²) in [6, 6.07) is 7.10. The van der Waals surface area contributed by atoms with Gasteiger partial charge in [0.25, 0.3) is 0 Å². The lowest BCUT2D eigenvalue weighted by atomic mass is 10.2. The van der Waals surface area contributed by atoms with Crippen molar-refractivity contribution in [3.8, 4) is 0 Å². The van der Waals surface area contributed by atoms with Gasteiger partial charge in [0.05, 0.1) is 11.8 Å². The summed E-state index contributed by atoms with van der Waals surface area (Å²) in [5.74, 6) is -2.48. The zero-order chi connectivity index (χ0) is 15.9. The van der Waals surface area contributed by atoms with Crippen LogP contribution >= 0.6 is 0 Å². The molecule has 0 unspecified atom stereocenters. The molecule has 0 bridgehead atoms. The summed E-state index contributed by atoms with van der Waals surface area (Å²) in [5, 5.41) is 11.5. The van der Waals surface area contributed by atoms with Crippen LogP contribution in [0.25, 0.3) is 0 Å². The van der Waals surface area contributed by atoms with Gasteiger partial charge < -0.3 is 15.3 Å². The molecule has 2 amide bonds. The van der Waals surface area contributed by atoms with Gasteiger partial charge in [-0.15, -0.1) is 0 Å². The van der Waals surface area contributed by atoms with E-state index in [4.69, 9.17) is 5.11 Å². The third kappa shape index (κ3) is 2.68. The van der Waals surface area contributed by atoms with Gasteiger partial charge in [-0.05, 0) is 31.9 Å². The van der Waals surface area contributed by atoms with Gasteiger partial charge in [0.15, 0.2) is 0 Å². The van der Waals surface area contributed by atoms with Crippen LogP contribution in [-0.4, -0.2) is 35.5 Å². The number of hydrogen-bond donors (Lipinski definition) is 2. The molecule has 1 saturated heterocycles. The van der Waals surface area contributed by atoms with Gasteiger partial charge in [-0.25, -0.2) is 0 Å². The summed E-state index contributed by atoms with van der Waals surface area (Å²) in [4.78, 5) is 36.8. The molecule has 2 aliphatic rings. The molecule has 1 aromatic rings. The Morgan fingerprint density at radius 1 is 1.23 bits per heavy atom. The summed E-state index contributed by atoms with van der Waals surface area (Å²) >= 11 is 0. The smallest absolute Gasteiger partial charge is 0.307 e. The second-order valence-electron chi connectivity index (χ2n) is 5.96. The van der Waals surface area contributed by atoms with Crippen molar-refractivity contribution in [2.24, 2.45) is 11.8 Å². The molecule has 3 rings (SSSR count). The number of anilines is 1. The van der Waals surface area contributed by atoms with Gasteiger partial charge in [0, 0.05) is 12.2 Å². The number of hydrogen-bond acceptors (Lipinski definition) is 3. The molecule has 2 N–H and O–H groups in total. The number of rotatable bonds is 4. The minimum absolute atomic E-state index is 0.135. The monoisotopic (exact) mass is 302 g/mol. The van der Waals surface area contributed by atoms with E-state index in [0.29, 0.717) is 19.4 Å². The molecule has 116 valence electrons. The van der Waals surface area contributed by atoms with Crippen molar-refractivity contribution in [2.75, 3.05) is 11.4 Å². The summed E-state index contributed by atoms with van der Waals surface area (Å²) in [6.45, 7) is 2.53. The number of benzene rings is 1. The molecule has 0 radical (unpaired) electrons. The first kappa shape index (κ1) is 14.6. The minimum atomic E-state index is -0.945. The lowest BCUT2D eigenvalue weighted by molar-refractivity contribution is -0.140. The Morgan fingerprint density at radius 2 is 1.91 bits per heavy atom. The highest BCUT2D eigenvalue weighted by atomic mass is 16.4. The maximum atomic E-state index is 12.4. The van der Waals surface area contributed by atoms with Crippen LogP contribution in [0.4, 0.5) is 5.69 Å². The van der Waals surface area contributed by atoms with Gasteiger partial charge in [0.2, 0.25) is 11.8 Å². The number of aliphatic carboxylic acids is 1. The van der Waals surface area contributed by atoms with Crippen LogP contribution in [0.2, 0.25) is 0 Å². The first-order valence-corrected chi connectivity index (χ1v) is 7.38. The van der Waals surface area contributed by atoms with Crippen molar-refractivity contribution in [1.29, 1.82) is 0 Å². The normalized spacial score (nSPS) is 26.9. The summed E-state index contributed by atoms with van der Waals surface area (Å²) in [5.41, 5.74) is 1.94. The molecule has 1 heterocycles. The Balaban J connectivity index is 1.61. The van der Waals surface area contributed by atoms with Crippen LogP contribution in [0.15, 0.2) is 24.3 Å². The van der Waals surface area contributed by atoms with E-state index in [2.05, 4.69) is 5.32 Å². The second-order valence-corrected chi connectivity index (χ2v) is 5.96. The van der Waals surface area contributed by atoms with Crippen LogP contribution in [0.5, 0.6) is 0 Å². The Hall–Kier alpha value is -2.37. The standard InChI is InChI=1S/C16H18N2O4/c1-9-2-4-10(5-3-9)18-7-6-13(15(18)20)17-14(19)11-8-12(11)16(21)22/h2-5,11-13H,6-8H2,1H3,(H,17,19)(H,21,22)/t11-,12+,13+/m1/s1. The van der Waals surface area contributed by atoms with Gasteiger partial charge in [-0.3, -0.25) is 14.4 Å². The number of nitrogens with zero attached hydrogens (tertiary/aromatic N) is 1. The van der Waals surface area contributed by atoms with Crippen molar-refractivity contribution >= 4 is 23.5 Å². The maximum Gasteiger partial charge on any atom is 0.307 e. The van der Waals surface area contributed by atoms with E-state index in [1.807, 2.05) is 31.2 Å². The third-order valence-corrected chi connectivity index (χ3v) is 4.31. The number of carboxylic acids is 1. The second kappa shape index (κ2) is 5.44. The van der Waals surface area contributed by atoms with Crippen LogP contribution in [0.1, 0.15) is 18.4 Å². The quantitative estimate of drug-likeness (QED) is 0.866. The topological polar surface area (TPSA) is 86.7 Å². The van der Waals surface area contributed by atoms with Crippen LogP contribution in [-0.2, 0) is 14.4 Å². The van der Waals surface area contributed by atoms with Crippen molar-refractivity contribution in [2.45, 2.75) is 25.8 Å². The van der Waals surface area contributed by atoms with Crippen molar-refractivity contribution in [3.63, 3.8) is 0 Å². The lowest BCUT2D eigenvalue weighted by Crippen LogP contribution is -2.42. The number of nitrogens with one attached hydrogen (secondary N) is 1. The average molecular weight is 302 g/mol. The largest absolute Gasteiger partial charge is 0.481 e. The summed E-state index contributed by atoms with van der Waals surface area (Å²) in [6.07, 6.45) is 0.909. The van der Waals surface area contributed by atoms with Crippen molar-refractivity contribution in [1.82, 2.24) is 5.32 Å². The molecule has 0 aromatic heterocycles. The molecule has 6 heteroatoms. The minimum Gasteiger partial charge on any atom is -0.481 e. The maximum absolute atomic E-state index is 12.4. The van der Waals surface area contributed by atoms with Gasteiger partial charge in [0.1, 0.15) is 6.04 Å². The van der Waals surface area contributed by atoms with Gasteiger partial charge in [-0.2, -0.15) is 0 Å². The highest BCUT2D eigenvalue weighted by Gasteiger charge is 2.49. The number of carbonyl (C=O) groups excluding carboxylic acids is 2. The third-order valence-electron chi connectivity index (χ3n) is 4.31. The van der Waals surface area contributed by atoms with Crippen LogP contribution < -0.4 is 10.2 Å². The molecule has 0 spiro atoms. The molecule has 22 heavy (non-hydrogen) atoms. The predicted molar refractivity (Wildman–Crippen MR) is 79.3 cm³/mol. The molecule has 1 aliphatic carbocycles. The van der Waals surface area contributed by atoms with E-state index in [9.17, 15) is 14.4 Å². The first-order chi connectivity index (χ1) is 10.5. The molecule has 1 saturated carbocycles. The molecular weight excluding hydrogens is 284 g/mol.